The molecule has 2 aliphatic heterocycles. The number of β-amino-alcohol motifs (C(OH)–C–C–N with tert-alkyl or cyclic N) is 1. The number of nitrogens with one attached hydrogen (secondary N) is 3. The summed E-state index contributed by atoms with van der Waals surface area (Å²) in [4.78, 5) is 25.1. The molecule has 4 N–H and O–H groups in total. The van der Waals surface area contributed by atoms with E-state index < -0.39 is 11.4 Å². The molecule has 0 spiro atoms. The minimum absolute atomic E-state index is 0.0228. The summed E-state index contributed by atoms with van der Waals surface area (Å²) in [7, 11) is 0. The molecule has 6 nitrogen and oxygen atoms in total. The van der Waals surface area contributed by atoms with Gasteiger partial charge in [-0.3, -0.25) is 9.59 Å². The first kappa shape index (κ1) is 16.6. The Bertz CT molecular complexity index is 628. The molecule has 1 aromatic carbocycles. The van der Waals surface area contributed by atoms with E-state index in [1.165, 1.54) is 11.8 Å². The van der Waals surface area contributed by atoms with Crippen LogP contribution in [0.15, 0.2) is 23.1 Å². The van der Waals surface area contributed by atoms with Crippen molar-refractivity contribution >= 4 is 40.9 Å². The molecule has 0 radical (unpaired) electrons. The van der Waals surface area contributed by atoms with Gasteiger partial charge in [-0.2, -0.15) is 0 Å². The largest absolute Gasteiger partial charge is 0.391 e. The molecular weight excluding hydrogens is 338 g/mol. The third-order valence-electron chi connectivity index (χ3n) is 4.00. The van der Waals surface area contributed by atoms with Crippen LogP contribution in [0.4, 0.5) is 5.69 Å². The number of aliphatic hydroxyl groups is 1. The van der Waals surface area contributed by atoms with Crippen LogP contribution in [0, 0.1) is 5.92 Å². The fourth-order valence-electron chi connectivity index (χ4n) is 2.67. The lowest BCUT2D eigenvalue weighted by Crippen LogP contribution is -2.38. The molecule has 8 heteroatoms. The molecule has 3 unspecified atom stereocenters. The molecule has 2 heterocycles. The van der Waals surface area contributed by atoms with Gasteiger partial charge in [0.15, 0.2) is 0 Å². The van der Waals surface area contributed by atoms with E-state index in [1.807, 2.05) is 6.07 Å². The standard InChI is InChI=1S/C15H18ClN3O3S/c16-9-1-2-12-10(3-9)19-15(22)13(23-12)4-14(21)18-6-8-5-17-7-11(8)20/h1-3,8,11,13,17,20H,4-7H2,(H,18,21)(H,19,22). The summed E-state index contributed by atoms with van der Waals surface area (Å²) in [5.41, 5.74) is 0.685. The first-order valence-corrected chi connectivity index (χ1v) is 8.71. The molecule has 0 bridgehead atoms. The molecule has 3 rings (SSSR count). The molecule has 3 atom stereocenters. The number of rotatable bonds is 4. The zero-order valence-electron chi connectivity index (χ0n) is 12.3. The van der Waals surface area contributed by atoms with Gasteiger partial charge in [0, 0.05) is 41.9 Å². The second-order valence-electron chi connectivity index (χ2n) is 5.73. The highest BCUT2D eigenvalue weighted by Gasteiger charge is 2.30. The summed E-state index contributed by atoms with van der Waals surface area (Å²) >= 11 is 7.28. The van der Waals surface area contributed by atoms with E-state index in [-0.39, 0.29) is 24.2 Å². The maximum Gasteiger partial charge on any atom is 0.238 e. The van der Waals surface area contributed by atoms with Crippen molar-refractivity contribution in [2.75, 3.05) is 25.0 Å². The molecule has 2 amide bonds. The third-order valence-corrected chi connectivity index (χ3v) is 5.51. The number of hydrogen-bond donors (Lipinski definition) is 4. The van der Waals surface area contributed by atoms with Crippen LogP contribution in [-0.4, -0.2) is 47.9 Å². The Hall–Kier alpha value is -1.28. The van der Waals surface area contributed by atoms with Gasteiger partial charge in [0.05, 0.1) is 17.0 Å². The van der Waals surface area contributed by atoms with Gasteiger partial charge in [-0.1, -0.05) is 11.6 Å². The van der Waals surface area contributed by atoms with Crippen LogP contribution in [0.1, 0.15) is 6.42 Å². The van der Waals surface area contributed by atoms with Crippen LogP contribution >= 0.6 is 23.4 Å². The lowest BCUT2D eigenvalue weighted by Gasteiger charge is -2.24. The molecule has 0 aliphatic carbocycles. The van der Waals surface area contributed by atoms with E-state index in [0.29, 0.717) is 30.3 Å². The number of anilines is 1. The van der Waals surface area contributed by atoms with Crippen molar-refractivity contribution in [2.45, 2.75) is 22.7 Å². The number of aliphatic hydroxyl groups excluding tert-OH is 1. The number of amides is 2. The lowest BCUT2D eigenvalue weighted by atomic mass is 10.1. The first-order valence-electron chi connectivity index (χ1n) is 7.45. The van der Waals surface area contributed by atoms with Crippen LogP contribution in [-0.2, 0) is 9.59 Å². The molecule has 1 aromatic rings. The van der Waals surface area contributed by atoms with E-state index in [2.05, 4.69) is 16.0 Å². The fraction of sp³-hybridized carbons (Fsp3) is 0.467. The molecular formula is C15H18ClN3O3S. The Morgan fingerprint density at radius 3 is 3.00 bits per heavy atom. The average molecular weight is 356 g/mol. The van der Waals surface area contributed by atoms with Gasteiger partial charge in [0.1, 0.15) is 0 Å². The summed E-state index contributed by atoms with van der Waals surface area (Å²) in [6, 6.07) is 5.30. The highest BCUT2D eigenvalue weighted by Crippen LogP contribution is 2.38. The Kier molecular flexibility index (Phi) is 5.11. The number of benzene rings is 1. The third kappa shape index (κ3) is 3.98. The molecule has 0 saturated carbocycles. The zero-order valence-corrected chi connectivity index (χ0v) is 13.9. The molecule has 1 saturated heterocycles. The Morgan fingerprint density at radius 1 is 1.43 bits per heavy atom. The number of carbonyl (C=O) groups excluding carboxylic acids is 2. The van der Waals surface area contributed by atoms with Crippen molar-refractivity contribution in [2.24, 2.45) is 5.92 Å². The maximum atomic E-state index is 12.1. The summed E-state index contributed by atoms with van der Waals surface area (Å²) in [6.07, 6.45) is -0.325. The van der Waals surface area contributed by atoms with Crippen LogP contribution in [0.5, 0.6) is 0 Å². The Morgan fingerprint density at radius 2 is 2.26 bits per heavy atom. The van der Waals surface area contributed by atoms with E-state index in [0.717, 1.165) is 4.90 Å². The van der Waals surface area contributed by atoms with Gasteiger partial charge in [-0.15, -0.1) is 11.8 Å². The van der Waals surface area contributed by atoms with E-state index in [1.54, 1.807) is 12.1 Å². The first-order chi connectivity index (χ1) is 11.0. The van der Waals surface area contributed by atoms with Gasteiger partial charge < -0.3 is 21.1 Å². The van der Waals surface area contributed by atoms with Crippen molar-refractivity contribution < 1.29 is 14.7 Å². The van der Waals surface area contributed by atoms with Crippen molar-refractivity contribution in [1.82, 2.24) is 10.6 Å². The fourth-order valence-corrected chi connectivity index (χ4v) is 3.93. The van der Waals surface area contributed by atoms with Crippen molar-refractivity contribution in [1.29, 1.82) is 0 Å². The van der Waals surface area contributed by atoms with E-state index >= 15 is 0 Å². The maximum absolute atomic E-state index is 12.1. The number of halogens is 1. The normalized spacial score (nSPS) is 26.5. The highest BCUT2D eigenvalue weighted by atomic mass is 35.5. The number of thioether (sulfide) groups is 1. The molecule has 124 valence electrons. The number of hydrogen-bond acceptors (Lipinski definition) is 5. The Balaban J connectivity index is 1.54. The average Bonchev–Trinajstić information content (AvgIpc) is 2.91. The minimum atomic E-state index is -0.463. The quantitative estimate of drug-likeness (QED) is 0.642. The monoisotopic (exact) mass is 355 g/mol. The lowest BCUT2D eigenvalue weighted by molar-refractivity contribution is -0.124. The van der Waals surface area contributed by atoms with Gasteiger partial charge >= 0.3 is 0 Å². The van der Waals surface area contributed by atoms with Crippen LogP contribution in [0.25, 0.3) is 0 Å². The van der Waals surface area contributed by atoms with Crippen LogP contribution in [0.2, 0.25) is 5.02 Å². The van der Waals surface area contributed by atoms with Gasteiger partial charge in [-0.05, 0) is 18.2 Å². The van der Waals surface area contributed by atoms with Crippen molar-refractivity contribution in [3.05, 3.63) is 23.2 Å². The molecule has 2 aliphatic rings. The van der Waals surface area contributed by atoms with Gasteiger partial charge in [0.2, 0.25) is 11.8 Å². The second-order valence-corrected chi connectivity index (χ2v) is 7.41. The molecule has 0 aromatic heterocycles. The summed E-state index contributed by atoms with van der Waals surface area (Å²) < 4.78 is 0. The predicted octanol–water partition coefficient (Wildman–Crippen LogP) is 0.839. The van der Waals surface area contributed by atoms with Crippen molar-refractivity contribution in [3.63, 3.8) is 0 Å². The summed E-state index contributed by atoms with van der Waals surface area (Å²) in [5, 5.41) is 18.5. The van der Waals surface area contributed by atoms with E-state index in [4.69, 9.17) is 11.6 Å². The van der Waals surface area contributed by atoms with Crippen LogP contribution < -0.4 is 16.0 Å². The van der Waals surface area contributed by atoms with Gasteiger partial charge in [0.25, 0.3) is 0 Å². The zero-order chi connectivity index (χ0) is 16.4. The Labute approximate surface area is 143 Å². The van der Waals surface area contributed by atoms with E-state index in [9.17, 15) is 14.7 Å². The topological polar surface area (TPSA) is 90.5 Å². The summed E-state index contributed by atoms with van der Waals surface area (Å²) in [5.74, 6) is -0.355. The highest BCUT2D eigenvalue weighted by molar-refractivity contribution is 8.01. The molecule has 1 fully saturated rings. The molecule has 23 heavy (non-hydrogen) atoms. The minimum Gasteiger partial charge on any atom is -0.391 e. The predicted molar refractivity (Wildman–Crippen MR) is 89.7 cm³/mol. The van der Waals surface area contributed by atoms with Crippen LogP contribution in [0.3, 0.4) is 0 Å². The second kappa shape index (κ2) is 7.09. The van der Waals surface area contributed by atoms with Gasteiger partial charge in [-0.25, -0.2) is 0 Å². The smallest absolute Gasteiger partial charge is 0.238 e. The summed E-state index contributed by atoms with van der Waals surface area (Å²) in [6.45, 7) is 1.66. The SMILES string of the molecule is O=C(CC1Sc2ccc(Cl)cc2NC1=O)NCC1CNCC1O. The number of fused-ring (bicyclic) bond motifs is 1. The number of carbonyl (C=O) groups is 2. The van der Waals surface area contributed by atoms with Crippen molar-refractivity contribution in [3.8, 4) is 0 Å².